The Balaban J connectivity index is 2.11. The molecule has 3 heteroatoms. The quantitative estimate of drug-likeness (QED) is 0.796. The van der Waals surface area contributed by atoms with Crippen molar-refractivity contribution in [2.45, 2.75) is 19.0 Å². The van der Waals surface area contributed by atoms with Crippen LogP contribution < -0.4 is 5.32 Å². The van der Waals surface area contributed by atoms with Gasteiger partial charge in [-0.3, -0.25) is 0 Å². The third-order valence-corrected chi connectivity index (χ3v) is 4.02. The molecule has 0 spiro atoms. The molecule has 0 heterocycles. The first-order valence-corrected chi connectivity index (χ1v) is 7.16. The van der Waals surface area contributed by atoms with Gasteiger partial charge in [0.15, 0.2) is 0 Å². The van der Waals surface area contributed by atoms with Gasteiger partial charge < -0.3 is 5.32 Å². The van der Waals surface area contributed by atoms with Crippen LogP contribution in [-0.4, -0.2) is 5.88 Å². The highest BCUT2D eigenvalue weighted by molar-refractivity contribution is 6.30. The predicted molar refractivity (Wildman–Crippen MR) is 82.8 cm³/mol. The zero-order valence-electron chi connectivity index (χ0n) is 10.9. The molecular weight excluding hydrogens is 277 g/mol. The van der Waals surface area contributed by atoms with Crippen LogP contribution in [-0.2, 0) is 12.1 Å². The highest BCUT2D eigenvalue weighted by Gasteiger charge is 2.24. The maximum atomic E-state index is 6.15. The van der Waals surface area contributed by atoms with E-state index in [1.165, 1.54) is 5.56 Å². The van der Waals surface area contributed by atoms with E-state index in [-0.39, 0.29) is 5.54 Å². The number of hydrogen-bond donors (Lipinski definition) is 1. The van der Waals surface area contributed by atoms with Crippen molar-refractivity contribution in [3.8, 4) is 0 Å². The van der Waals surface area contributed by atoms with Crippen LogP contribution in [0.4, 0.5) is 0 Å². The van der Waals surface area contributed by atoms with Gasteiger partial charge in [0.05, 0.1) is 5.54 Å². The molecule has 0 amide bonds. The third kappa shape index (κ3) is 3.73. The maximum Gasteiger partial charge on any atom is 0.0545 e. The molecule has 0 saturated heterocycles. The smallest absolute Gasteiger partial charge is 0.0545 e. The predicted octanol–water partition coefficient (Wildman–Crippen LogP) is 4.58. The zero-order chi connectivity index (χ0) is 13.7. The highest BCUT2D eigenvalue weighted by Crippen LogP contribution is 2.23. The van der Waals surface area contributed by atoms with Gasteiger partial charge in [0.1, 0.15) is 0 Å². The van der Waals surface area contributed by atoms with Gasteiger partial charge in [-0.15, -0.1) is 11.6 Å². The maximum absolute atomic E-state index is 6.15. The van der Waals surface area contributed by atoms with E-state index in [0.717, 1.165) is 17.1 Å². The van der Waals surface area contributed by atoms with Gasteiger partial charge in [-0.05, 0) is 30.2 Å². The van der Waals surface area contributed by atoms with Gasteiger partial charge in [-0.2, -0.15) is 0 Å². The standard InChI is InChI=1S/C16H17Cl2N/c1-16(12-17,14-7-3-2-4-8-14)19-11-13-6-5-9-15(18)10-13/h2-10,19H,11-12H2,1H3. The average molecular weight is 294 g/mol. The molecule has 1 unspecified atom stereocenters. The van der Waals surface area contributed by atoms with E-state index in [0.29, 0.717) is 5.88 Å². The molecule has 2 aromatic carbocycles. The summed E-state index contributed by atoms with van der Waals surface area (Å²) in [6.07, 6.45) is 0. The molecule has 0 aliphatic rings. The van der Waals surface area contributed by atoms with Crippen LogP contribution in [0.25, 0.3) is 0 Å². The summed E-state index contributed by atoms with van der Waals surface area (Å²) in [5, 5.41) is 4.27. The average Bonchev–Trinajstić information content (AvgIpc) is 2.46. The Hall–Kier alpha value is -1.02. The van der Waals surface area contributed by atoms with Gasteiger partial charge in [0, 0.05) is 17.4 Å². The van der Waals surface area contributed by atoms with E-state index in [2.05, 4.69) is 30.4 Å². The Morgan fingerprint density at radius 3 is 2.42 bits per heavy atom. The summed E-state index contributed by atoms with van der Waals surface area (Å²) >= 11 is 12.1. The number of alkyl halides is 1. The largest absolute Gasteiger partial charge is 0.303 e. The number of halogens is 2. The van der Waals surface area contributed by atoms with Gasteiger partial charge in [0.25, 0.3) is 0 Å². The Morgan fingerprint density at radius 1 is 1.05 bits per heavy atom. The summed E-state index contributed by atoms with van der Waals surface area (Å²) in [4.78, 5) is 0. The fraction of sp³-hybridized carbons (Fsp3) is 0.250. The number of benzene rings is 2. The summed E-state index contributed by atoms with van der Waals surface area (Å²) in [5.41, 5.74) is 2.09. The van der Waals surface area contributed by atoms with Crippen molar-refractivity contribution in [3.05, 3.63) is 70.7 Å². The fourth-order valence-electron chi connectivity index (χ4n) is 1.98. The second-order valence-electron chi connectivity index (χ2n) is 4.82. The molecule has 100 valence electrons. The molecule has 1 nitrogen and oxygen atoms in total. The van der Waals surface area contributed by atoms with E-state index < -0.39 is 0 Å². The summed E-state index contributed by atoms with van der Waals surface area (Å²) in [7, 11) is 0. The van der Waals surface area contributed by atoms with Crippen LogP contribution in [0.5, 0.6) is 0 Å². The van der Waals surface area contributed by atoms with E-state index in [1.54, 1.807) is 0 Å². The molecule has 2 rings (SSSR count). The molecule has 0 radical (unpaired) electrons. The second kappa shape index (κ2) is 6.42. The number of hydrogen-bond acceptors (Lipinski definition) is 1. The molecule has 0 saturated carbocycles. The first kappa shape index (κ1) is 14.4. The fourth-order valence-corrected chi connectivity index (χ4v) is 2.44. The SMILES string of the molecule is CC(CCl)(NCc1cccc(Cl)c1)c1ccccc1. The van der Waals surface area contributed by atoms with Crippen LogP contribution in [0.1, 0.15) is 18.1 Å². The van der Waals surface area contributed by atoms with Crippen LogP contribution in [0.15, 0.2) is 54.6 Å². The minimum absolute atomic E-state index is 0.245. The van der Waals surface area contributed by atoms with Crippen molar-refractivity contribution >= 4 is 23.2 Å². The topological polar surface area (TPSA) is 12.0 Å². The molecular formula is C16H17Cl2N. The highest BCUT2D eigenvalue weighted by atomic mass is 35.5. The lowest BCUT2D eigenvalue weighted by molar-refractivity contribution is 0.407. The van der Waals surface area contributed by atoms with E-state index >= 15 is 0 Å². The van der Waals surface area contributed by atoms with E-state index in [1.807, 2.05) is 36.4 Å². The summed E-state index contributed by atoms with van der Waals surface area (Å²) in [6, 6.07) is 18.1. The van der Waals surface area contributed by atoms with E-state index in [9.17, 15) is 0 Å². The Bertz CT molecular complexity index is 527. The van der Waals surface area contributed by atoms with Crippen LogP contribution in [0.3, 0.4) is 0 Å². The normalized spacial score (nSPS) is 14.1. The van der Waals surface area contributed by atoms with Crippen molar-refractivity contribution in [2.24, 2.45) is 0 Å². The molecule has 0 aliphatic heterocycles. The molecule has 0 fully saturated rings. The van der Waals surface area contributed by atoms with Crippen molar-refractivity contribution in [1.82, 2.24) is 5.32 Å². The summed E-state index contributed by atoms with van der Waals surface area (Å²) in [5.74, 6) is 0.511. The lowest BCUT2D eigenvalue weighted by Gasteiger charge is -2.29. The van der Waals surface area contributed by atoms with Crippen LogP contribution in [0, 0.1) is 0 Å². The van der Waals surface area contributed by atoms with Crippen LogP contribution >= 0.6 is 23.2 Å². The van der Waals surface area contributed by atoms with Crippen molar-refractivity contribution in [3.63, 3.8) is 0 Å². The molecule has 0 aliphatic carbocycles. The molecule has 1 atom stereocenters. The lowest BCUT2D eigenvalue weighted by atomic mass is 9.94. The molecule has 0 bridgehead atoms. The third-order valence-electron chi connectivity index (χ3n) is 3.25. The number of nitrogens with one attached hydrogen (secondary N) is 1. The zero-order valence-corrected chi connectivity index (χ0v) is 12.4. The Morgan fingerprint density at radius 2 is 1.79 bits per heavy atom. The Kier molecular flexibility index (Phi) is 4.87. The molecule has 2 aromatic rings. The van der Waals surface area contributed by atoms with Gasteiger partial charge in [-0.25, -0.2) is 0 Å². The number of rotatable bonds is 5. The minimum Gasteiger partial charge on any atom is -0.303 e. The summed E-state index contributed by atoms with van der Waals surface area (Å²) < 4.78 is 0. The monoisotopic (exact) mass is 293 g/mol. The van der Waals surface area contributed by atoms with Crippen LogP contribution in [0.2, 0.25) is 5.02 Å². The summed E-state index contributed by atoms with van der Waals surface area (Å²) in [6.45, 7) is 2.85. The van der Waals surface area contributed by atoms with Crippen molar-refractivity contribution < 1.29 is 0 Å². The molecule has 0 aromatic heterocycles. The second-order valence-corrected chi connectivity index (χ2v) is 5.52. The van der Waals surface area contributed by atoms with Crippen molar-refractivity contribution in [1.29, 1.82) is 0 Å². The lowest BCUT2D eigenvalue weighted by Crippen LogP contribution is -2.40. The van der Waals surface area contributed by atoms with E-state index in [4.69, 9.17) is 23.2 Å². The van der Waals surface area contributed by atoms with Crippen molar-refractivity contribution in [2.75, 3.05) is 5.88 Å². The van der Waals surface area contributed by atoms with Gasteiger partial charge in [-0.1, -0.05) is 54.1 Å². The molecule has 1 N–H and O–H groups in total. The van der Waals surface area contributed by atoms with Gasteiger partial charge >= 0.3 is 0 Å². The first-order valence-electron chi connectivity index (χ1n) is 6.25. The van der Waals surface area contributed by atoms with Gasteiger partial charge in [0.2, 0.25) is 0 Å². The minimum atomic E-state index is -0.245. The molecule has 19 heavy (non-hydrogen) atoms. The first-order chi connectivity index (χ1) is 9.14. The Labute approximate surface area is 124 Å².